The van der Waals surface area contributed by atoms with Gasteiger partial charge >= 0.3 is 0 Å². The first kappa shape index (κ1) is 14.1. The van der Waals surface area contributed by atoms with Crippen LogP contribution in [0.3, 0.4) is 0 Å². The minimum Gasteiger partial charge on any atom is -0.349 e. The Hall–Kier alpha value is -1.35. The Morgan fingerprint density at radius 3 is 2.53 bits per heavy atom. The molecule has 0 aliphatic heterocycles. The maximum Gasteiger partial charge on any atom is 0.225 e. The van der Waals surface area contributed by atoms with E-state index in [9.17, 15) is 4.79 Å². The summed E-state index contributed by atoms with van der Waals surface area (Å²) in [6, 6.07) is 8.36. The molecule has 0 saturated heterocycles. The van der Waals surface area contributed by atoms with Crippen LogP contribution in [0.4, 0.5) is 0 Å². The van der Waals surface area contributed by atoms with Crippen molar-refractivity contribution in [3.8, 4) is 0 Å². The number of hydrogen-bond donors (Lipinski definition) is 2. The fraction of sp³-hybridized carbons (Fsp3) is 0.562. The molecule has 3 atom stereocenters. The van der Waals surface area contributed by atoms with Crippen molar-refractivity contribution in [2.24, 2.45) is 11.7 Å². The lowest BCUT2D eigenvalue weighted by atomic mass is 9.84. The molecule has 1 aromatic rings. The smallest absolute Gasteiger partial charge is 0.225 e. The quantitative estimate of drug-likeness (QED) is 0.878. The highest BCUT2D eigenvalue weighted by Gasteiger charge is 2.28. The van der Waals surface area contributed by atoms with Crippen LogP contribution < -0.4 is 11.1 Å². The molecule has 104 valence electrons. The van der Waals surface area contributed by atoms with Crippen LogP contribution in [0.1, 0.15) is 49.8 Å². The molecule has 1 saturated carbocycles. The Kier molecular flexibility index (Phi) is 4.59. The van der Waals surface area contributed by atoms with E-state index in [1.807, 2.05) is 6.92 Å². The van der Waals surface area contributed by atoms with Crippen LogP contribution in [0.25, 0.3) is 0 Å². The van der Waals surface area contributed by atoms with Crippen LogP contribution in [0.5, 0.6) is 0 Å². The summed E-state index contributed by atoms with van der Waals surface area (Å²) in [6.07, 6.45) is 4.16. The van der Waals surface area contributed by atoms with Gasteiger partial charge in [-0.2, -0.15) is 0 Å². The van der Waals surface area contributed by atoms with Crippen LogP contribution in [0.2, 0.25) is 0 Å². The molecule has 3 nitrogen and oxygen atoms in total. The standard InChI is InChI=1S/C16H24N2O/c1-11-7-9-13(10-8-11)12(2)18-16(19)14-5-3-4-6-15(14)17/h7-10,12,14-15H,3-6,17H2,1-2H3,(H,18,19). The second kappa shape index (κ2) is 6.20. The lowest BCUT2D eigenvalue weighted by molar-refractivity contribution is -0.127. The van der Waals surface area contributed by atoms with Gasteiger partial charge in [-0.1, -0.05) is 42.7 Å². The lowest BCUT2D eigenvalue weighted by Gasteiger charge is -2.28. The van der Waals surface area contributed by atoms with Gasteiger partial charge in [0.1, 0.15) is 0 Å². The van der Waals surface area contributed by atoms with Crippen molar-refractivity contribution in [2.75, 3.05) is 0 Å². The third kappa shape index (κ3) is 3.57. The number of hydrogen-bond acceptors (Lipinski definition) is 2. The van der Waals surface area contributed by atoms with Gasteiger partial charge in [-0.15, -0.1) is 0 Å². The SMILES string of the molecule is Cc1ccc(C(C)NC(=O)C2CCCCC2N)cc1. The van der Waals surface area contributed by atoms with Crippen LogP contribution in [-0.2, 0) is 4.79 Å². The van der Waals surface area contributed by atoms with Gasteiger partial charge in [0, 0.05) is 6.04 Å². The zero-order chi connectivity index (χ0) is 13.8. The van der Waals surface area contributed by atoms with Gasteiger partial charge in [-0.3, -0.25) is 4.79 Å². The molecule has 3 N–H and O–H groups in total. The van der Waals surface area contributed by atoms with E-state index >= 15 is 0 Å². The second-order valence-electron chi connectivity index (χ2n) is 5.70. The van der Waals surface area contributed by atoms with Crippen molar-refractivity contribution in [1.29, 1.82) is 0 Å². The summed E-state index contributed by atoms with van der Waals surface area (Å²) in [5.74, 6) is 0.0990. The summed E-state index contributed by atoms with van der Waals surface area (Å²) in [7, 11) is 0. The van der Waals surface area contributed by atoms with E-state index in [4.69, 9.17) is 5.73 Å². The number of carbonyl (C=O) groups excluding carboxylic acids is 1. The number of amides is 1. The topological polar surface area (TPSA) is 55.1 Å². The Bertz CT molecular complexity index is 427. The summed E-state index contributed by atoms with van der Waals surface area (Å²) in [6.45, 7) is 4.09. The van der Waals surface area contributed by atoms with Crippen molar-refractivity contribution >= 4 is 5.91 Å². The third-order valence-corrected chi connectivity index (χ3v) is 4.09. The largest absolute Gasteiger partial charge is 0.349 e. The number of benzene rings is 1. The Morgan fingerprint density at radius 1 is 1.26 bits per heavy atom. The van der Waals surface area contributed by atoms with Crippen LogP contribution in [0.15, 0.2) is 24.3 Å². The van der Waals surface area contributed by atoms with Gasteiger partial charge < -0.3 is 11.1 Å². The van der Waals surface area contributed by atoms with E-state index in [-0.39, 0.29) is 23.9 Å². The molecular weight excluding hydrogens is 236 g/mol. The van der Waals surface area contributed by atoms with Crippen LogP contribution in [-0.4, -0.2) is 11.9 Å². The van der Waals surface area contributed by atoms with Gasteiger partial charge in [0.05, 0.1) is 12.0 Å². The molecule has 1 aliphatic carbocycles. The van der Waals surface area contributed by atoms with E-state index in [2.05, 4.69) is 36.5 Å². The molecule has 0 heterocycles. The summed E-state index contributed by atoms with van der Waals surface area (Å²) in [4.78, 5) is 12.3. The summed E-state index contributed by atoms with van der Waals surface area (Å²) in [5.41, 5.74) is 8.43. The van der Waals surface area contributed by atoms with Crippen molar-refractivity contribution in [3.05, 3.63) is 35.4 Å². The number of carbonyl (C=O) groups is 1. The lowest BCUT2D eigenvalue weighted by Crippen LogP contribution is -2.44. The van der Waals surface area contributed by atoms with Gasteiger partial charge in [-0.25, -0.2) is 0 Å². The normalized spacial score (nSPS) is 24.8. The Morgan fingerprint density at radius 2 is 1.89 bits per heavy atom. The van der Waals surface area contributed by atoms with Crippen molar-refractivity contribution in [1.82, 2.24) is 5.32 Å². The fourth-order valence-electron chi connectivity index (χ4n) is 2.74. The molecule has 2 rings (SSSR count). The zero-order valence-corrected chi connectivity index (χ0v) is 11.9. The summed E-state index contributed by atoms with van der Waals surface area (Å²) in [5, 5.41) is 3.10. The van der Waals surface area contributed by atoms with Crippen molar-refractivity contribution in [2.45, 2.75) is 51.6 Å². The molecule has 1 fully saturated rings. The average molecular weight is 260 g/mol. The highest BCUT2D eigenvalue weighted by molar-refractivity contribution is 5.79. The molecule has 3 unspecified atom stereocenters. The molecule has 0 aromatic heterocycles. The predicted octanol–water partition coefficient (Wildman–Crippen LogP) is 2.69. The highest BCUT2D eigenvalue weighted by Crippen LogP contribution is 2.24. The average Bonchev–Trinajstić information content (AvgIpc) is 2.39. The van der Waals surface area contributed by atoms with Crippen LogP contribution >= 0.6 is 0 Å². The molecule has 19 heavy (non-hydrogen) atoms. The van der Waals surface area contributed by atoms with E-state index in [1.54, 1.807) is 0 Å². The molecule has 1 amide bonds. The molecule has 0 radical (unpaired) electrons. The second-order valence-corrected chi connectivity index (χ2v) is 5.70. The van der Waals surface area contributed by atoms with Crippen LogP contribution in [0, 0.1) is 12.8 Å². The van der Waals surface area contributed by atoms with E-state index in [1.165, 1.54) is 5.56 Å². The summed E-state index contributed by atoms with van der Waals surface area (Å²) < 4.78 is 0. The predicted molar refractivity (Wildman–Crippen MR) is 77.7 cm³/mol. The van der Waals surface area contributed by atoms with E-state index in [0.717, 1.165) is 31.2 Å². The van der Waals surface area contributed by atoms with Crippen molar-refractivity contribution in [3.63, 3.8) is 0 Å². The molecule has 1 aliphatic rings. The first-order valence-electron chi connectivity index (χ1n) is 7.20. The Labute approximate surface area is 115 Å². The minimum absolute atomic E-state index is 0.0124. The van der Waals surface area contributed by atoms with Gasteiger partial charge in [0.15, 0.2) is 0 Å². The maximum absolute atomic E-state index is 12.3. The van der Waals surface area contributed by atoms with Gasteiger partial charge in [-0.05, 0) is 32.3 Å². The minimum atomic E-state index is -0.0124. The highest BCUT2D eigenvalue weighted by atomic mass is 16.2. The molecular formula is C16H24N2O. The van der Waals surface area contributed by atoms with Gasteiger partial charge in [0.25, 0.3) is 0 Å². The molecule has 1 aromatic carbocycles. The van der Waals surface area contributed by atoms with Gasteiger partial charge in [0.2, 0.25) is 5.91 Å². The summed E-state index contributed by atoms with van der Waals surface area (Å²) >= 11 is 0. The number of aryl methyl sites for hydroxylation is 1. The monoisotopic (exact) mass is 260 g/mol. The molecule has 3 heteroatoms. The van der Waals surface area contributed by atoms with Crippen molar-refractivity contribution < 1.29 is 4.79 Å². The zero-order valence-electron chi connectivity index (χ0n) is 11.9. The Balaban J connectivity index is 1.96. The molecule has 0 spiro atoms. The first-order valence-corrected chi connectivity index (χ1v) is 7.20. The fourth-order valence-corrected chi connectivity index (χ4v) is 2.74. The number of rotatable bonds is 3. The maximum atomic E-state index is 12.3. The first-order chi connectivity index (χ1) is 9.08. The third-order valence-electron chi connectivity index (χ3n) is 4.09. The molecule has 0 bridgehead atoms. The van der Waals surface area contributed by atoms with E-state index in [0.29, 0.717) is 0 Å². The number of nitrogens with two attached hydrogens (primary N) is 1. The van der Waals surface area contributed by atoms with E-state index < -0.39 is 0 Å². The number of nitrogens with one attached hydrogen (secondary N) is 1.